The Bertz CT molecular complexity index is 344. The molecule has 6 nitrogen and oxygen atoms in total. The molecule has 0 aromatic rings. The Morgan fingerprint density at radius 1 is 0.739 bits per heavy atom. The number of unbranched alkanes of at least 4 members (excludes halogenated alkanes) is 7. The average Bonchev–Trinajstić information content (AvgIpc) is 2.55. The van der Waals surface area contributed by atoms with Crippen molar-refractivity contribution in [1.82, 2.24) is 5.48 Å². The number of ether oxygens (including phenoxy) is 1. The molecule has 0 rings (SSSR count). The Morgan fingerprint density at radius 2 is 1.26 bits per heavy atom. The number of rotatable bonds is 13. The highest BCUT2D eigenvalue weighted by molar-refractivity contribution is 5.77. The fraction of sp³-hybridized carbons (Fsp3) is 0.824. The fourth-order valence-electron chi connectivity index (χ4n) is 2.10. The van der Waals surface area contributed by atoms with Gasteiger partial charge in [0, 0.05) is 19.3 Å². The molecular weight excluding hydrogens is 298 g/mol. The smallest absolute Gasteiger partial charge is 0.332 e. The Labute approximate surface area is 139 Å². The van der Waals surface area contributed by atoms with Gasteiger partial charge >= 0.3 is 11.9 Å². The summed E-state index contributed by atoms with van der Waals surface area (Å²) in [7, 11) is 1.33. The van der Waals surface area contributed by atoms with Gasteiger partial charge in [-0.15, -0.1) is 0 Å². The van der Waals surface area contributed by atoms with E-state index in [4.69, 9.17) is 4.84 Å². The Balaban J connectivity index is 3.43. The van der Waals surface area contributed by atoms with Crippen molar-refractivity contribution in [2.75, 3.05) is 7.11 Å². The molecule has 1 amide bonds. The zero-order chi connectivity index (χ0) is 17.3. The van der Waals surface area contributed by atoms with Crippen molar-refractivity contribution in [1.29, 1.82) is 0 Å². The van der Waals surface area contributed by atoms with Crippen molar-refractivity contribution in [2.24, 2.45) is 0 Å². The second kappa shape index (κ2) is 15.3. The van der Waals surface area contributed by atoms with E-state index in [-0.39, 0.29) is 24.7 Å². The lowest BCUT2D eigenvalue weighted by Crippen LogP contribution is -2.26. The van der Waals surface area contributed by atoms with Gasteiger partial charge in [0.2, 0.25) is 0 Å². The standard InChI is InChI=1S/C17H31NO5/c1-3-4-5-6-7-8-9-12-15(19)18-23-17(21)14-11-10-13-16(20)22-2/h3-14H2,1-2H3,(H,18,19). The average molecular weight is 329 g/mol. The Morgan fingerprint density at radius 3 is 1.87 bits per heavy atom. The molecule has 0 radical (unpaired) electrons. The van der Waals surface area contributed by atoms with E-state index in [1.54, 1.807) is 0 Å². The highest BCUT2D eigenvalue weighted by Crippen LogP contribution is 2.08. The molecule has 0 aliphatic carbocycles. The van der Waals surface area contributed by atoms with Crippen molar-refractivity contribution in [3.63, 3.8) is 0 Å². The van der Waals surface area contributed by atoms with Crippen LogP contribution < -0.4 is 5.48 Å². The van der Waals surface area contributed by atoms with Crippen LogP contribution in [-0.2, 0) is 24.0 Å². The van der Waals surface area contributed by atoms with Crippen LogP contribution in [0, 0.1) is 0 Å². The second-order valence-electron chi connectivity index (χ2n) is 5.65. The SMILES string of the molecule is CCCCCCCCCC(=O)NOC(=O)CCCCC(=O)OC. The molecule has 134 valence electrons. The van der Waals surface area contributed by atoms with E-state index in [1.807, 2.05) is 0 Å². The van der Waals surface area contributed by atoms with Crippen LogP contribution in [0.1, 0.15) is 84.0 Å². The molecule has 0 aromatic carbocycles. The molecule has 0 spiro atoms. The monoisotopic (exact) mass is 329 g/mol. The molecule has 0 aliphatic rings. The number of hydrogen-bond acceptors (Lipinski definition) is 5. The first-order chi connectivity index (χ1) is 11.1. The van der Waals surface area contributed by atoms with Crippen LogP contribution in [0.5, 0.6) is 0 Å². The third-order valence-corrected chi connectivity index (χ3v) is 3.53. The third-order valence-electron chi connectivity index (χ3n) is 3.53. The molecule has 0 aliphatic heterocycles. The highest BCUT2D eigenvalue weighted by Gasteiger charge is 2.08. The second-order valence-corrected chi connectivity index (χ2v) is 5.65. The van der Waals surface area contributed by atoms with E-state index in [0.29, 0.717) is 19.3 Å². The lowest BCUT2D eigenvalue weighted by Gasteiger charge is -2.06. The minimum Gasteiger partial charge on any atom is -0.469 e. The molecule has 0 bridgehead atoms. The van der Waals surface area contributed by atoms with Gasteiger partial charge in [-0.25, -0.2) is 4.79 Å². The number of hydroxylamine groups is 1. The lowest BCUT2D eigenvalue weighted by molar-refractivity contribution is -0.158. The normalized spacial score (nSPS) is 10.2. The number of esters is 1. The highest BCUT2D eigenvalue weighted by atomic mass is 16.7. The summed E-state index contributed by atoms with van der Waals surface area (Å²) in [6.07, 6.45) is 9.90. The zero-order valence-electron chi connectivity index (χ0n) is 14.5. The number of amides is 1. The fourth-order valence-corrected chi connectivity index (χ4v) is 2.10. The van der Waals surface area contributed by atoms with Crippen LogP contribution in [-0.4, -0.2) is 25.0 Å². The molecule has 0 atom stereocenters. The van der Waals surface area contributed by atoms with E-state index in [9.17, 15) is 14.4 Å². The number of hydrogen-bond donors (Lipinski definition) is 1. The van der Waals surface area contributed by atoms with Crippen molar-refractivity contribution in [3.8, 4) is 0 Å². The van der Waals surface area contributed by atoms with Crippen LogP contribution in [0.2, 0.25) is 0 Å². The summed E-state index contributed by atoms with van der Waals surface area (Å²) < 4.78 is 4.50. The van der Waals surface area contributed by atoms with Gasteiger partial charge in [-0.05, 0) is 19.3 Å². The maximum atomic E-state index is 11.5. The van der Waals surface area contributed by atoms with E-state index < -0.39 is 5.97 Å². The zero-order valence-corrected chi connectivity index (χ0v) is 14.5. The van der Waals surface area contributed by atoms with Crippen molar-refractivity contribution >= 4 is 17.8 Å². The van der Waals surface area contributed by atoms with E-state index >= 15 is 0 Å². The molecule has 1 N–H and O–H groups in total. The van der Waals surface area contributed by atoms with Gasteiger partial charge in [-0.2, -0.15) is 5.48 Å². The van der Waals surface area contributed by atoms with Gasteiger partial charge in [0.05, 0.1) is 7.11 Å². The topological polar surface area (TPSA) is 81.7 Å². The number of methoxy groups -OCH3 is 1. The molecule has 0 heterocycles. The van der Waals surface area contributed by atoms with Gasteiger partial charge in [-0.1, -0.05) is 45.4 Å². The lowest BCUT2D eigenvalue weighted by atomic mass is 10.1. The number of carbonyl (C=O) groups excluding carboxylic acids is 3. The van der Waals surface area contributed by atoms with Gasteiger partial charge < -0.3 is 9.57 Å². The van der Waals surface area contributed by atoms with Crippen LogP contribution in [0.4, 0.5) is 0 Å². The van der Waals surface area contributed by atoms with Gasteiger partial charge in [0.15, 0.2) is 0 Å². The largest absolute Gasteiger partial charge is 0.469 e. The van der Waals surface area contributed by atoms with Crippen LogP contribution in [0.25, 0.3) is 0 Å². The first kappa shape index (κ1) is 21.4. The predicted octanol–water partition coefficient (Wildman–Crippen LogP) is 3.43. The van der Waals surface area contributed by atoms with Crippen molar-refractivity contribution in [3.05, 3.63) is 0 Å². The molecule has 0 saturated carbocycles. The number of carbonyl (C=O) groups is 3. The van der Waals surface area contributed by atoms with Gasteiger partial charge in [0.1, 0.15) is 0 Å². The van der Waals surface area contributed by atoms with Crippen LogP contribution in [0.15, 0.2) is 0 Å². The van der Waals surface area contributed by atoms with Gasteiger partial charge in [0.25, 0.3) is 5.91 Å². The maximum absolute atomic E-state index is 11.5. The Hall–Kier alpha value is -1.59. The molecule has 0 fully saturated rings. The molecule has 0 saturated heterocycles. The quantitative estimate of drug-likeness (QED) is 0.318. The van der Waals surface area contributed by atoms with E-state index in [1.165, 1.54) is 32.8 Å². The first-order valence-corrected chi connectivity index (χ1v) is 8.65. The maximum Gasteiger partial charge on any atom is 0.332 e. The summed E-state index contributed by atoms with van der Waals surface area (Å²) in [5.41, 5.74) is 2.17. The molecular formula is C17H31NO5. The van der Waals surface area contributed by atoms with Crippen LogP contribution in [0.3, 0.4) is 0 Å². The summed E-state index contributed by atoms with van der Waals surface area (Å²) >= 11 is 0. The number of nitrogens with one attached hydrogen (secondary N) is 1. The minimum atomic E-state index is -0.484. The summed E-state index contributed by atoms with van der Waals surface area (Å²) in [5, 5.41) is 0. The molecule has 23 heavy (non-hydrogen) atoms. The molecule has 6 heteroatoms. The van der Waals surface area contributed by atoms with Gasteiger partial charge in [-0.3, -0.25) is 9.59 Å². The summed E-state index contributed by atoms with van der Waals surface area (Å²) in [6.45, 7) is 2.19. The summed E-state index contributed by atoms with van der Waals surface area (Å²) in [5.74, 6) is -1.04. The minimum absolute atomic E-state index is 0.175. The predicted molar refractivity (Wildman–Crippen MR) is 87.3 cm³/mol. The third kappa shape index (κ3) is 15.1. The molecule has 0 aromatic heterocycles. The first-order valence-electron chi connectivity index (χ1n) is 8.65. The van der Waals surface area contributed by atoms with Crippen molar-refractivity contribution < 1.29 is 24.0 Å². The van der Waals surface area contributed by atoms with Crippen molar-refractivity contribution in [2.45, 2.75) is 84.0 Å². The van der Waals surface area contributed by atoms with E-state index in [2.05, 4.69) is 17.1 Å². The van der Waals surface area contributed by atoms with E-state index in [0.717, 1.165) is 19.3 Å². The summed E-state index contributed by atoms with van der Waals surface area (Å²) in [4.78, 5) is 38.4. The van der Waals surface area contributed by atoms with Crippen LogP contribution >= 0.6 is 0 Å². The summed E-state index contributed by atoms with van der Waals surface area (Å²) in [6, 6.07) is 0. The Kier molecular flexibility index (Phi) is 14.3. The molecule has 0 unspecified atom stereocenters.